The highest BCUT2D eigenvalue weighted by Gasteiger charge is 2.11. The molecule has 0 saturated carbocycles. The molecule has 1 N–H and O–H groups in total. The molecule has 0 aromatic heterocycles. The predicted octanol–water partition coefficient (Wildman–Crippen LogP) is 4.39. The summed E-state index contributed by atoms with van der Waals surface area (Å²) in [6, 6.07) is 11.0. The first kappa shape index (κ1) is 16.6. The predicted molar refractivity (Wildman–Crippen MR) is 84.9 cm³/mol. The van der Waals surface area contributed by atoms with Crippen LogP contribution in [-0.4, -0.2) is 12.5 Å². The molecule has 116 valence electrons. The molecule has 2 rings (SSSR count). The first-order valence-electron chi connectivity index (χ1n) is 6.58. The Morgan fingerprint density at radius 3 is 2.73 bits per heavy atom. The van der Waals surface area contributed by atoms with Gasteiger partial charge in [0.1, 0.15) is 11.6 Å². The summed E-state index contributed by atoms with van der Waals surface area (Å²) in [5.41, 5.74) is 0.894. The monoisotopic (exact) mass is 341 g/mol. The zero-order chi connectivity index (χ0) is 16.1. The van der Waals surface area contributed by atoms with Gasteiger partial charge in [0.2, 0.25) is 0 Å². The standard InChI is InChI=1S/C16H14Cl2FNO2/c1-10(11-3-2-4-12(17)7-11)20-16(21)9-22-13-5-6-15(19)14(18)8-13/h2-8,10H,9H2,1H3,(H,20,21)/t10-/m0/s1. The molecule has 0 aliphatic rings. The van der Waals surface area contributed by atoms with E-state index in [0.29, 0.717) is 10.8 Å². The summed E-state index contributed by atoms with van der Waals surface area (Å²) in [5, 5.41) is 3.35. The second-order valence-electron chi connectivity index (χ2n) is 4.71. The molecule has 0 heterocycles. The number of nitrogens with one attached hydrogen (secondary N) is 1. The number of benzene rings is 2. The van der Waals surface area contributed by atoms with E-state index in [2.05, 4.69) is 5.32 Å². The van der Waals surface area contributed by atoms with E-state index in [1.54, 1.807) is 12.1 Å². The van der Waals surface area contributed by atoms with Crippen molar-refractivity contribution in [2.75, 3.05) is 6.61 Å². The molecule has 3 nitrogen and oxygen atoms in total. The third kappa shape index (κ3) is 4.61. The summed E-state index contributed by atoms with van der Waals surface area (Å²) < 4.78 is 18.3. The number of carbonyl (C=O) groups excluding carboxylic acids is 1. The number of halogens is 3. The van der Waals surface area contributed by atoms with Crippen LogP contribution in [0, 0.1) is 5.82 Å². The number of ether oxygens (including phenoxy) is 1. The lowest BCUT2D eigenvalue weighted by Gasteiger charge is -2.15. The quantitative estimate of drug-likeness (QED) is 0.875. The van der Waals surface area contributed by atoms with Gasteiger partial charge in [-0.1, -0.05) is 35.3 Å². The summed E-state index contributed by atoms with van der Waals surface area (Å²) in [7, 11) is 0. The number of hydrogen-bond acceptors (Lipinski definition) is 2. The molecule has 1 atom stereocenters. The highest BCUT2D eigenvalue weighted by atomic mass is 35.5. The van der Waals surface area contributed by atoms with Gasteiger partial charge >= 0.3 is 0 Å². The van der Waals surface area contributed by atoms with Crippen molar-refractivity contribution in [3.05, 3.63) is 63.9 Å². The van der Waals surface area contributed by atoms with E-state index in [9.17, 15) is 9.18 Å². The number of rotatable bonds is 5. The molecule has 0 aliphatic heterocycles. The minimum Gasteiger partial charge on any atom is -0.484 e. The molecule has 0 bridgehead atoms. The van der Waals surface area contributed by atoms with Gasteiger partial charge in [0.05, 0.1) is 11.1 Å². The minimum atomic E-state index is -0.534. The van der Waals surface area contributed by atoms with Crippen LogP contribution < -0.4 is 10.1 Å². The second kappa shape index (κ2) is 7.47. The topological polar surface area (TPSA) is 38.3 Å². The Labute approximate surface area is 138 Å². The van der Waals surface area contributed by atoms with Crippen LogP contribution in [0.2, 0.25) is 10.0 Å². The van der Waals surface area contributed by atoms with Crippen molar-refractivity contribution in [3.8, 4) is 5.75 Å². The van der Waals surface area contributed by atoms with Crippen LogP contribution >= 0.6 is 23.2 Å². The Bertz CT molecular complexity index is 679. The average Bonchev–Trinajstić information content (AvgIpc) is 2.48. The zero-order valence-corrected chi connectivity index (χ0v) is 13.3. The van der Waals surface area contributed by atoms with Gasteiger partial charge in [-0.25, -0.2) is 4.39 Å². The molecule has 0 radical (unpaired) electrons. The molecule has 0 spiro atoms. The van der Waals surface area contributed by atoms with E-state index >= 15 is 0 Å². The number of amides is 1. The van der Waals surface area contributed by atoms with Crippen molar-refractivity contribution in [2.24, 2.45) is 0 Å². The molecule has 0 aliphatic carbocycles. The van der Waals surface area contributed by atoms with Gasteiger partial charge in [0.15, 0.2) is 6.61 Å². The minimum absolute atomic E-state index is 0.0507. The molecule has 22 heavy (non-hydrogen) atoms. The first-order chi connectivity index (χ1) is 10.5. The first-order valence-corrected chi connectivity index (χ1v) is 7.34. The number of carbonyl (C=O) groups is 1. The largest absolute Gasteiger partial charge is 0.484 e. The van der Waals surface area contributed by atoms with Gasteiger partial charge in [-0.05, 0) is 36.8 Å². The van der Waals surface area contributed by atoms with Gasteiger partial charge in [-0.3, -0.25) is 4.79 Å². The van der Waals surface area contributed by atoms with Crippen LogP contribution in [0.4, 0.5) is 4.39 Å². The average molecular weight is 342 g/mol. The molecule has 1 amide bonds. The van der Waals surface area contributed by atoms with Gasteiger partial charge in [0, 0.05) is 11.1 Å². The SMILES string of the molecule is C[C@H](NC(=O)COc1ccc(F)c(Cl)c1)c1cccc(Cl)c1. The van der Waals surface area contributed by atoms with Crippen molar-refractivity contribution < 1.29 is 13.9 Å². The van der Waals surface area contributed by atoms with Crippen LogP contribution in [0.5, 0.6) is 5.75 Å². The van der Waals surface area contributed by atoms with Gasteiger partial charge in [-0.15, -0.1) is 0 Å². The summed E-state index contributed by atoms with van der Waals surface area (Å²) >= 11 is 11.6. The lowest BCUT2D eigenvalue weighted by Crippen LogP contribution is -2.31. The third-order valence-electron chi connectivity index (χ3n) is 2.99. The molecule has 2 aromatic carbocycles. The van der Waals surface area contributed by atoms with Crippen molar-refractivity contribution in [3.63, 3.8) is 0 Å². The second-order valence-corrected chi connectivity index (χ2v) is 5.55. The summed E-state index contributed by atoms with van der Waals surface area (Å²) in [6.45, 7) is 1.66. The summed E-state index contributed by atoms with van der Waals surface area (Å²) in [4.78, 5) is 11.9. The Balaban J connectivity index is 1.88. The third-order valence-corrected chi connectivity index (χ3v) is 3.51. The van der Waals surface area contributed by atoms with Gasteiger partial charge in [-0.2, -0.15) is 0 Å². The molecular formula is C16H14Cl2FNO2. The van der Waals surface area contributed by atoms with Crippen LogP contribution in [0.3, 0.4) is 0 Å². The van der Waals surface area contributed by atoms with E-state index < -0.39 is 5.82 Å². The molecule has 0 unspecified atom stereocenters. The Morgan fingerprint density at radius 2 is 2.05 bits per heavy atom. The van der Waals surface area contributed by atoms with Crippen LogP contribution in [0.15, 0.2) is 42.5 Å². The van der Waals surface area contributed by atoms with Crippen LogP contribution in [0.1, 0.15) is 18.5 Å². The molecule has 0 saturated heterocycles. The van der Waals surface area contributed by atoms with E-state index in [-0.39, 0.29) is 23.6 Å². The van der Waals surface area contributed by atoms with Crippen molar-refractivity contribution in [2.45, 2.75) is 13.0 Å². The van der Waals surface area contributed by atoms with E-state index in [0.717, 1.165) is 5.56 Å². The highest BCUT2D eigenvalue weighted by molar-refractivity contribution is 6.31. The smallest absolute Gasteiger partial charge is 0.258 e. The van der Waals surface area contributed by atoms with Crippen LogP contribution in [-0.2, 0) is 4.79 Å². The molecular weight excluding hydrogens is 328 g/mol. The fourth-order valence-electron chi connectivity index (χ4n) is 1.86. The number of hydrogen-bond donors (Lipinski definition) is 1. The normalized spacial score (nSPS) is 11.8. The van der Waals surface area contributed by atoms with Gasteiger partial charge in [0.25, 0.3) is 5.91 Å². The van der Waals surface area contributed by atoms with Crippen LogP contribution in [0.25, 0.3) is 0 Å². The summed E-state index contributed by atoms with van der Waals surface area (Å²) in [5.74, 6) is -0.502. The van der Waals surface area contributed by atoms with Crippen molar-refractivity contribution in [1.29, 1.82) is 0 Å². The van der Waals surface area contributed by atoms with Gasteiger partial charge < -0.3 is 10.1 Å². The lowest BCUT2D eigenvalue weighted by molar-refractivity contribution is -0.123. The molecule has 2 aromatic rings. The lowest BCUT2D eigenvalue weighted by atomic mass is 10.1. The van der Waals surface area contributed by atoms with Crippen molar-refractivity contribution in [1.82, 2.24) is 5.32 Å². The van der Waals surface area contributed by atoms with E-state index in [1.165, 1.54) is 18.2 Å². The van der Waals surface area contributed by atoms with Crippen molar-refractivity contribution >= 4 is 29.1 Å². The maximum Gasteiger partial charge on any atom is 0.258 e. The zero-order valence-electron chi connectivity index (χ0n) is 11.8. The Hall–Kier alpha value is -1.78. The fourth-order valence-corrected chi connectivity index (χ4v) is 2.23. The molecule has 0 fully saturated rings. The highest BCUT2D eigenvalue weighted by Crippen LogP contribution is 2.21. The maximum atomic E-state index is 13.0. The maximum absolute atomic E-state index is 13.0. The van der Waals surface area contributed by atoms with E-state index in [1.807, 2.05) is 19.1 Å². The summed E-state index contributed by atoms with van der Waals surface area (Å²) in [6.07, 6.45) is 0. The Morgan fingerprint density at radius 1 is 1.27 bits per heavy atom. The molecule has 6 heteroatoms. The van der Waals surface area contributed by atoms with E-state index in [4.69, 9.17) is 27.9 Å². The fraction of sp³-hybridized carbons (Fsp3) is 0.188. The Kier molecular flexibility index (Phi) is 5.63.